The molecule has 3 saturated carbocycles. The molecule has 0 saturated heterocycles. The van der Waals surface area contributed by atoms with Gasteiger partial charge in [0.1, 0.15) is 4.33 Å². The van der Waals surface area contributed by atoms with Crippen molar-refractivity contribution in [1.82, 2.24) is 0 Å². The summed E-state index contributed by atoms with van der Waals surface area (Å²) in [5.41, 5.74) is 0.817. The van der Waals surface area contributed by atoms with E-state index in [1.807, 2.05) is 12.1 Å². The van der Waals surface area contributed by atoms with Crippen LogP contribution in [-0.4, -0.2) is 10.2 Å². The fourth-order valence-corrected chi connectivity index (χ4v) is 5.42. The Balaban J connectivity index is 1.37. The molecule has 118 valence electrons. The molecule has 0 bridgehead atoms. The van der Waals surface area contributed by atoms with Crippen molar-refractivity contribution in [2.45, 2.75) is 30.0 Å². The summed E-state index contributed by atoms with van der Waals surface area (Å²) in [5, 5.41) is 3.69. The Morgan fingerprint density at radius 2 is 1.55 bits per heavy atom. The zero-order chi connectivity index (χ0) is 15.5. The first-order chi connectivity index (χ1) is 10.5. The van der Waals surface area contributed by atoms with Gasteiger partial charge in [-0.05, 0) is 73.6 Å². The van der Waals surface area contributed by atoms with Crippen molar-refractivity contribution in [2.75, 3.05) is 5.32 Å². The summed E-state index contributed by atoms with van der Waals surface area (Å²) >= 11 is 18.5. The molecule has 5 heteroatoms. The molecule has 0 spiro atoms. The van der Waals surface area contributed by atoms with Gasteiger partial charge in [-0.1, -0.05) is 11.6 Å². The van der Waals surface area contributed by atoms with Crippen molar-refractivity contribution in [1.29, 1.82) is 0 Å². The lowest BCUT2D eigenvalue weighted by atomic mass is 10.0. The summed E-state index contributed by atoms with van der Waals surface area (Å²) in [6, 6.07) is 7.27. The normalized spacial score (nSPS) is 38.0. The van der Waals surface area contributed by atoms with Crippen LogP contribution >= 0.6 is 34.8 Å². The predicted molar refractivity (Wildman–Crippen MR) is 90.4 cm³/mol. The molecule has 3 aliphatic rings. The van der Waals surface area contributed by atoms with Crippen LogP contribution in [0.2, 0.25) is 5.02 Å². The molecule has 22 heavy (non-hydrogen) atoms. The first-order valence-corrected chi connectivity index (χ1v) is 9.06. The number of hydrogen-bond donors (Lipinski definition) is 1. The van der Waals surface area contributed by atoms with Gasteiger partial charge in [0.05, 0.1) is 0 Å². The highest BCUT2D eigenvalue weighted by Gasteiger charge is 2.65. The first kappa shape index (κ1) is 15.1. The summed E-state index contributed by atoms with van der Waals surface area (Å²) in [5.74, 6) is 2.22. The van der Waals surface area contributed by atoms with E-state index in [-0.39, 0.29) is 11.8 Å². The molecule has 1 amide bonds. The van der Waals surface area contributed by atoms with E-state index in [9.17, 15) is 4.79 Å². The van der Waals surface area contributed by atoms with Crippen molar-refractivity contribution in [2.24, 2.45) is 29.6 Å². The molecule has 3 aliphatic carbocycles. The van der Waals surface area contributed by atoms with E-state index >= 15 is 0 Å². The number of alkyl halides is 2. The smallest absolute Gasteiger partial charge is 0.228 e. The first-order valence-electron chi connectivity index (χ1n) is 7.92. The number of fused-ring (bicyclic) bond motifs is 2. The Kier molecular flexibility index (Phi) is 3.63. The quantitative estimate of drug-likeness (QED) is 0.729. The Labute approximate surface area is 145 Å². The van der Waals surface area contributed by atoms with Crippen molar-refractivity contribution in [3.63, 3.8) is 0 Å². The number of halogens is 3. The zero-order valence-electron chi connectivity index (χ0n) is 12.1. The second kappa shape index (κ2) is 5.29. The van der Waals surface area contributed by atoms with Crippen molar-refractivity contribution in [3.8, 4) is 0 Å². The van der Waals surface area contributed by atoms with Crippen LogP contribution in [0.1, 0.15) is 25.7 Å². The molecule has 0 aromatic heterocycles. The summed E-state index contributed by atoms with van der Waals surface area (Å²) in [6.07, 6.45) is 4.27. The van der Waals surface area contributed by atoms with Crippen LogP contribution in [0.25, 0.3) is 0 Å². The minimum absolute atomic E-state index is 0.149. The van der Waals surface area contributed by atoms with E-state index in [0.717, 1.165) is 31.4 Å². The number of amides is 1. The summed E-state index contributed by atoms with van der Waals surface area (Å²) in [4.78, 5) is 12.5. The van der Waals surface area contributed by atoms with Crippen LogP contribution in [0.5, 0.6) is 0 Å². The lowest BCUT2D eigenvalue weighted by molar-refractivity contribution is -0.117. The van der Waals surface area contributed by atoms with Crippen LogP contribution in [-0.2, 0) is 4.79 Å². The summed E-state index contributed by atoms with van der Waals surface area (Å²) in [7, 11) is 0. The van der Waals surface area contributed by atoms with Gasteiger partial charge in [0.15, 0.2) is 0 Å². The Hall–Kier alpha value is -0.440. The molecule has 2 nitrogen and oxygen atoms in total. The van der Waals surface area contributed by atoms with Crippen LogP contribution in [0.4, 0.5) is 5.69 Å². The number of anilines is 1. The predicted octanol–water partition coefficient (Wildman–Crippen LogP) is 5.13. The molecular weight excluding hydrogens is 341 g/mol. The summed E-state index contributed by atoms with van der Waals surface area (Å²) < 4.78 is -0.488. The van der Waals surface area contributed by atoms with Crippen LogP contribution < -0.4 is 5.32 Å². The van der Waals surface area contributed by atoms with Gasteiger partial charge in [-0.3, -0.25) is 4.79 Å². The Morgan fingerprint density at radius 3 is 2.09 bits per heavy atom. The lowest BCUT2D eigenvalue weighted by Gasteiger charge is -2.05. The van der Waals surface area contributed by atoms with Gasteiger partial charge in [-0.15, -0.1) is 23.2 Å². The van der Waals surface area contributed by atoms with Gasteiger partial charge >= 0.3 is 0 Å². The van der Waals surface area contributed by atoms with Gasteiger partial charge in [0.2, 0.25) is 5.91 Å². The SMILES string of the molecule is O=C(Nc1ccc(Cl)cc1)C1[C@H]2CC[C@@H]3[C@H](CC[C@H]12)C3(Cl)Cl. The third-order valence-electron chi connectivity index (χ3n) is 5.73. The van der Waals surface area contributed by atoms with Crippen molar-refractivity contribution < 1.29 is 4.79 Å². The molecule has 1 aromatic rings. The third kappa shape index (κ3) is 2.53. The maximum Gasteiger partial charge on any atom is 0.228 e. The van der Waals surface area contributed by atoms with E-state index in [0.29, 0.717) is 28.7 Å². The largest absolute Gasteiger partial charge is 0.326 e. The topological polar surface area (TPSA) is 29.1 Å². The molecule has 1 N–H and O–H groups in total. The van der Waals surface area contributed by atoms with E-state index in [4.69, 9.17) is 34.8 Å². The van der Waals surface area contributed by atoms with Gasteiger partial charge in [-0.25, -0.2) is 0 Å². The van der Waals surface area contributed by atoms with Gasteiger partial charge in [-0.2, -0.15) is 0 Å². The third-order valence-corrected chi connectivity index (χ3v) is 7.11. The lowest BCUT2D eigenvalue weighted by Crippen LogP contribution is -2.15. The molecule has 5 atom stereocenters. The highest BCUT2D eigenvalue weighted by molar-refractivity contribution is 6.51. The highest BCUT2D eigenvalue weighted by atomic mass is 35.5. The number of nitrogens with one attached hydrogen (secondary N) is 1. The number of carbonyl (C=O) groups excluding carboxylic acids is 1. The number of carbonyl (C=O) groups is 1. The Morgan fingerprint density at radius 1 is 1.00 bits per heavy atom. The minimum Gasteiger partial charge on any atom is -0.326 e. The monoisotopic (exact) mass is 357 g/mol. The van der Waals surface area contributed by atoms with Gasteiger partial charge in [0.25, 0.3) is 0 Å². The van der Waals surface area contributed by atoms with Crippen LogP contribution in [0, 0.1) is 29.6 Å². The molecule has 0 heterocycles. The standard InChI is InChI=1S/C17H18Cl3NO/c18-9-1-3-10(4-2-9)21-16(22)15-11-5-7-13-14(17(13,19)20)8-6-12(11)15/h1-4,11-15H,5-8H2,(H,21,22)/t11-,12-,13-,14+,15?/m0/s1. The fraction of sp³-hybridized carbons (Fsp3) is 0.588. The number of benzene rings is 1. The number of hydrogen-bond acceptors (Lipinski definition) is 1. The second-order valence-corrected chi connectivity index (χ2v) is 8.77. The van der Waals surface area contributed by atoms with Crippen molar-refractivity contribution in [3.05, 3.63) is 29.3 Å². The van der Waals surface area contributed by atoms with Crippen LogP contribution in [0.15, 0.2) is 24.3 Å². The highest BCUT2D eigenvalue weighted by Crippen LogP contribution is 2.67. The van der Waals surface area contributed by atoms with E-state index in [2.05, 4.69) is 5.32 Å². The van der Waals surface area contributed by atoms with E-state index < -0.39 is 4.33 Å². The van der Waals surface area contributed by atoms with E-state index in [1.165, 1.54) is 0 Å². The minimum atomic E-state index is -0.488. The molecular formula is C17H18Cl3NO. The molecule has 0 aliphatic heterocycles. The molecule has 4 rings (SSSR count). The van der Waals surface area contributed by atoms with Gasteiger partial charge in [0, 0.05) is 16.6 Å². The molecule has 1 unspecified atom stereocenters. The second-order valence-electron chi connectivity index (χ2n) is 6.89. The zero-order valence-corrected chi connectivity index (χ0v) is 14.3. The molecule has 0 radical (unpaired) electrons. The van der Waals surface area contributed by atoms with Gasteiger partial charge < -0.3 is 5.32 Å². The summed E-state index contributed by atoms with van der Waals surface area (Å²) in [6.45, 7) is 0. The fourth-order valence-electron chi connectivity index (χ4n) is 4.37. The maximum atomic E-state index is 12.5. The van der Waals surface area contributed by atoms with Crippen LogP contribution in [0.3, 0.4) is 0 Å². The number of rotatable bonds is 2. The average Bonchev–Trinajstić information content (AvgIpc) is 3.26. The molecule has 1 aromatic carbocycles. The Bertz CT molecular complexity index is 578. The van der Waals surface area contributed by atoms with Crippen molar-refractivity contribution >= 4 is 46.4 Å². The maximum absolute atomic E-state index is 12.5. The average molecular weight is 359 g/mol. The molecule has 3 fully saturated rings. The van der Waals surface area contributed by atoms with E-state index in [1.54, 1.807) is 12.1 Å².